The molecule has 2 aliphatic rings. The van der Waals surface area contributed by atoms with Crippen molar-refractivity contribution in [3.8, 4) is 11.5 Å². The number of anilines is 1. The monoisotopic (exact) mass is 634 g/mol. The van der Waals surface area contributed by atoms with Gasteiger partial charge < -0.3 is 14.1 Å². The van der Waals surface area contributed by atoms with Crippen molar-refractivity contribution in [1.82, 2.24) is 25.0 Å². The Labute approximate surface area is 263 Å². The second-order valence-electron chi connectivity index (χ2n) is 10.7. The first-order chi connectivity index (χ1) is 20.7. The lowest BCUT2D eigenvalue weighted by Crippen LogP contribution is -2.58. The standard InChI is InChI=1S/C29H35Cl2FN6O3.C2H6/c1-4-23-17-37(27-25(31)13-21(15-33-27)29-35-34-28(41-29)18(2)40-19(3)39)11-12-38(23)24-7-9-36(10-8-24)16-20-5-6-22(30)14-26(20)32;1-2/h5-6,13-15,18,23-24H,4,7-12,16-17H2,1-3H3;1-2H3. The molecule has 0 saturated carbocycles. The highest BCUT2D eigenvalue weighted by molar-refractivity contribution is 6.33. The van der Waals surface area contributed by atoms with Gasteiger partial charge in [0.15, 0.2) is 6.10 Å². The van der Waals surface area contributed by atoms with Gasteiger partial charge in [0.05, 0.1) is 10.6 Å². The Bertz CT molecular complexity index is 1370. The second-order valence-corrected chi connectivity index (χ2v) is 11.6. The predicted octanol–water partition coefficient (Wildman–Crippen LogP) is 6.79. The van der Waals surface area contributed by atoms with Crippen molar-refractivity contribution < 1.29 is 18.3 Å². The highest BCUT2D eigenvalue weighted by Gasteiger charge is 2.34. The number of piperazine rings is 1. The first-order valence-electron chi connectivity index (χ1n) is 15.0. The molecule has 2 atom stereocenters. The summed E-state index contributed by atoms with van der Waals surface area (Å²) < 4.78 is 25.1. The fraction of sp³-hybridized carbons (Fsp3) is 0.548. The van der Waals surface area contributed by atoms with Gasteiger partial charge in [0.2, 0.25) is 5.89 Å². The molecule has 12 heteroatoms. The normalized spacial score (nSPS) is 19.1. The molecule has 234 valence electrons. The first-order valence-corrected chi connectivity index (χ1v) is 15.8. The minimum atomic E-state index is -0.641. The molecule has 0 bridgehead atoms. The van der Waals surface area contributed by atoms with Crippen molar-refractivity contribution in [2.24, 2.45) is 0 Å². The number of hydrogen-bond donors (Lipinski definition) is 0. The van der Waals surface area contributed by atoms with Crippen molar-refractivity contribution >= 4 is 35.0 Å². The van der Waals surface area contributed by atoms with Crippen molar-refractivity contribution in [3.63, 3.8) is 0 Å². The molecule has 0 amide bonds. The van der Waals surface area contributed by atoms with Crippen LogP contribution in [0.25, 0.3) is 11.5 Å². The summed E-state index contributed by atoms with van der Waals surface area (Å²) in [4.78, 5) is 23.1. The van der Waals surface area contributed by atoms with Gasteiger partial charge in [-0.3, -0.25) is 14.6 Å². The number of aromatic nitrogens is 3. The van der Waals surface area contributed by atoms with Crippen LogP contribution < -0.4 is 4.90 Å². The van der Waals surface area contributed by atoms with Crippen molar-refractivity contribution in [2.75, 3.05) is 37.6 Å². The van der Waals surface area contributed by atoms with Crippen molar-refractivity contribution in [3.05, 3.63) is 57.8 Å². The third kappa shape index (κ3) is 8.23. The van der Waals surface area contributed by atoms with Crippen LogP contribution in [-0.4, -0.2) is 75.8 Å². The second kappa shape index (κ2) is 15.3. The lowest BCUT2D eigenvalue weighted by Gasteiger charge is -2.47. The van der Waals surface area contributed by atoms with Gasteiger partial charge in [-0.2, -0.15) is 0 Å². The Kier molecular flexibility index (Phi) is 11.8. The van der Waals surface area contributed by atoms with Gasteiger partial charge in [0, 0.05) is 62.0 Å². The van der Waals surface area contributed by atoms with Crippen LogP contribution in [0.3, 0.4) is 0 Å². The maximum Gasteiger partial charge on any atom is 0.303 e. The molecule has 0 radical (unpaired) electrons. The molecule has 0 aliphatic carbocycles. The van der Waals surface area contributed by atoms with Crippen LogP contribution in [0.5, 0.6) is 0 Å². The van der Waals surface area contributed by atoms with Crippen LogP contribution in [0.4, 0.5) is 10.2 Å². The zero-order valence-corrected chi connectivity index (χ0v) is 27.0. The van der Waals surface area contributed by atoms with Gasteiger partial charge in [-0.05, 0) is 57.5 Å². The molecule has 1 aromatic carbocycles. The number of likely N-dealkylation sites (tertiary alicyclic amines) is 1. The Morgan fingerprint density at radius 1 is 1.14 bits per heavy atom. The molecular weight excluding hydrogens is 594 g/mol. The first kappa shape index (κ1) is 33.1. The lowest BCUT2D eigenvalue weighted by molar-refractivity contribution is -0.146. The summed E-state index contributed by atoms with van der Waals surface area (Å²) in [6, 6.07) is 7.59. The van der Waals surface area contributed by atoms with E-state index < -0.39 is 12.1 Å². The van der Waals surface area contributed by atoms with Crippen LogP contribution >= 0.6 is 23.2 Å². The number of rotatable bonds is 8. The van der Waals surface area contributed by atoms with Crippen LogP contribution in [-0.2, 0) is 16.1 Å². The summed E-state index contributed by atoms with van der Waals surface area (Å²) in [6.45, 7) is 14.3. The Hall–Kier alpha value is -2.79. The third-order valence-corrected chi connectivity index (χ3v) is 8.45. The Morgan fingerprint density at radius 3 is 2.53 bits per heavy atom. The minimum Gasteiger partial charge on any atom is -0.453 e. The molecule has 4 heterocycles. The summed E-state index contributed by atoms with van der Waals surface area (Å²) >= 11 is 12.6. The highest BCUT2D eigenvalue weighted by atomic mass is 35.5. The van der Waals surface area contributed by atoms with E-state index in [-0.39, 0.29) is 17.6 Å². The van der Waals surface area contributed by atoms with E-state index >= 15 is 0 Å². The van der Waals surface area contributed by atoms with Crippen LogP contribution in [0.2, 0.25) is 10.0 Å². The summed E-state index contributed by atoms with van der Waals surface area (Å²) in [6.07, 6.45) is 4.18. The molecule has 2 aliphatic heterocycles. The van der Waals surface area contributed by atoms with Crippen LogP contribution in [0.1, 0.15) is 71.4 Å². The number of hydrogen-bond acceptors (Lipinski definition) is 9. The Morgan fingerprint density at radius 2 is 1.88 bits per heavy atom. The number of pyridine rings is 1. The number of halogens is 3. The van der Waals surface area contributed by atoms with Gasteiger partial charge in [-0.1, -0.05) is 50.0 Å². The van der Waals surface area contributed by atoms with E-state index in [4.69, 9.17) is 32.4 Å². The molecule has 0 spiro atoms. The predicted molar refractivity (Wildman–Crippen MR) is 167 cm³/mol. The van der Waals surface area contributed by atoms with E-state index in [1.165, 1.54) is 13.0 Å². The van der Waals surface area contributed by atoms with Crippen molar-refractivity contribution in [1.29, 1.82) is 0 Å². The number of esters is 1. The van der Waals surface area contributed by atoms with Gasteiger partial charge in [0.1, 0.15) is 11.6 Å². The molecule has 3 aromatic rings. The molecule has 2 fully saturated rings. The summed E-state index contributed by atoms with van der Waals surface area (Å²) in [7, 11) is 0. The van der Waals surface area contributed by atoms with E-state index in [2.05, 4.69) is 36.8 Å². The van der Waals surface area contributed by atoms with Gasteiger partial charge in [-0.15, -0.1) is 10.2 Å². The van der Waals surface area contributed by atoms with E-state index in [0.717, 1.165) is 57.8 Å². The zero-order chi connectivity index (χ0) is 31.1. The molecule has 0 N–H and O–H groups in total. The zero-order valence-electron chi connectivity index (χ0n) is 25.5. The largest absolute Gasteiger partial charge is 0.453 e. The number of piperidine rings is 1. The molecule has 2 unspecified atom stereocenters. The third-order valence-electron chi connectivity index (χ3n) is 7.93. The van der Waals surface area contributed by atoms with Crippen molar-refractivity contribution in [2.45, 2.75) is 78.6 Å². The molecular formula is C31H41Cl2FN6O3. The molecule has 2 saturated heterocycles. The molecule has 2 aromatic heterocycles. The summed E-state index contributed by atoms with van der Waals surface area (Å²) in [5.41, 5.74) is 1.29. The van der Waals surface area contributed by atoms with Gasteiger partial charge >= 0.3 is 5.97 Å². The smallest absolute Gasteiger partial charge is 0.303 e. The summed E-state index contributed by atoms with van der Waals surface area (Å²) in [5.74, 6) is 0.550. The lowest BCUT2D eigenvalue weighted by atomic mass is 9.97. The summed E-state index contributed by atoms with van der Waals surface area (Å²) in [5, 5.41) is 9.00. The molecule has 43 heavy (non-hydrogen) atoms. The number of benzene rings is 1. The number of carbonyl (C=O) groups excluding carboxylic acids is 1. The quantitative estimate of drug-likeness (QED) is 0.248. The van der Waals surface area contributed by atoms with E-state index in [0.29, 0.717) is 39.8 Å². The van der Waals surface area contributed by atoms with E-state index in [1.54, 1.807) is 31.3 Å². The van der Waals surface area contributed by atoms with Crippen LogP contribution in [0, 0.1) is 5.82 Å². The average molecular weight is 636 g/mol. The SMILES string of the molecule is CC.CCC1CN(c2ncc(-c3nnc(C(C)OC(C)=O)o3)cc2Cl)CCN1C1CCN(Cc2ccc(Cl)cc2F)CC1. The minimum absolute atomic E-state index is 0.209. The van der Waals surface area contributed by atoms with Gasteiger partial charge in [-0.25, -0.2) is 9.37 Å². The average Bonchev–Trinajstić information content (AvgIpc) is 3.50. The van der Waals surface area contributed by atoms with Crippen LogP contribution in [0.15, 0.2) is 34.9 Å². The Balaban J connectivity index is 0.00000207. The highest BCUT2D eigenvalue weighted by Crippen LogP contribution is 2.32. The maximum atomic E-state index is 14.3. The number of ether oxygens (including phenoxy) is 1. The molecule has 5 rings (SSSR count). The van der Waals surface area contributed by atoms with Gasteiger partial charge in [0.25, 0.3) is 5.89 Å². The molecule has 9 nitrogen and oxygen atoms in total. The maximum absolute atomic E-state index is 14.3. The van der Waals surface area contributed by atoms with E-state index in [1.807, 2.05) is 13.8 Å². The fourth-order valence-electron chi connectivity index (χ4n) is 5.80. The number of nitrogens with zero attached hydrogens (tertiary/aromatic N) is 6. The van der Waals surface area contributed by atoms with E-state index in [9.17, 15) is 9.18 Å². The number of carbonyl (C=O) groups is 1. The fourth-order valence-corrected chi connectivity index (χ4v) is 6.25. The topological polar surface area (TPSA) is 87.8 Å².